The number of rotatable bonds is 5. The molecular weight excluding hydrogens is 400 g/mol. The van der Waals surface area contributed by atoms with E-state index < -0.39 is 0 Å². The molecule has 0 saturated heterocycles. The van der Waals surface area contributed by atoms with Gasteiger partial charge < -0.3 is 21.3 Å². The first kappa shape index (κ1) is 23.6. The molecule has 32 heavy (non-hydrogen) atoms. The Morgan fingerprint density at radius 2 is 1.31 bits per heavy atom. The van der Waals surface area contributed by atoms with Gasteiger partial charge in [0, 0.05) is 24.0 Å². The van der Waals surface area contributed by atoms with Gasteiger partial charge >= 0.3 is 12.1 Å². The second-order valence-corrected chi connectivity index (χ2v) is 10.4. The Morgan fingerprint density at radius 3 is 1.84 bits per heavy atom. The van der Waals surface area contributed by atoms with Crippen molar-refractivity contribution < 1.29 is 9.59 Å². The molecule has 0 heterocycles. The van der Waals surface area contributed by atoms with E-state index in [0.717, 1.165) is 41.8 Å². The molecule has 0 spiro atoms. The van der Waals surface area contributed by atoms with Gasteiger partial charge in [0.15, 0.2) is 0 Å². The normalized spacial score (nSPS) is 22.0. The summed E-state index contributed by atoms with van der Waals surface area (Å²) >= 11 is 0. The first-order valence-corrected chi connectivity index (χ1v) is 11.3. The van der Waals surface area contributed by atoms with Gasteiger partial charge in [0.05, 0.1) is 0 Å². The zero-order chi connectivity index (χ0) is 23.4. The van der Waals surface area contributed by atoms with Crippen LogP contribution in [-0.2, 0) is 0 Å². The van der Waals surface area contributed by atoms with Gasteiger partial charge in [0.2, 0.25) is 0 Å². The van der Waals surface area contributed by atoms with Crippen LogP contribution in [-0.4, -0.2) is 24.6 Å². The molecule has 0 bridgehead atoms. The Labute approximate surface area is 191 Å². The monoisotopic (exact) mass is 436 g/mol. The Bertz CT molecular complexity index is 937. The molecule has 2 aromatic carbocycles. The summed E-state index contributed by atoms with van der Waals surface area (Å²) in [5.74, 6) is 0. The first-order valence-electron chi connectivity index (χ1n) is 11.3. The highest BCUT2D eigenvalue weighted by Gasteiger charge is 2.41. The van der Waals surface area contributed by atoms with Gasteiger partial charge in [0.25, 0.3) is 0 Å². The largest absolute Gasteiger partial charge is 0.337 e. The lowest BCUT2D eigenvalue weighted by molar-refractivity contribution is 0.0761. The quantitative estimate of drug-likeness (QED) is 0.475. The average molecular weight is 437 g/mol. The SMILES string of the molecule is Cc1ccc(NC(=O)NC[C@]2(C)C[C@H](NC(=O)Nc3ccc(C)cc3)CC(C)(C)C2)cc1. The van der Waals surface area contributed by atoms with Crippen LogP contribution in [0.1, 0.15) is 51.2 Å². The van der Waals surface area contributed by atoms with Crippen molar-refractivity contribution in [1.82, 2.24) is 10.6 Å². The molecule has 1 aliphatic carbocycles. The molecule has 0 aliphatic heterocycles. The lowest BCUT2D eigenvalue weighted by Crippen LogP contribution is -2.51. The number of carbonyl (C=O) groups excluding carboxylic acids is 2. The van der Waals surface area contributed by atoms with Crippen LogP contribution in [0.25, 0.3) is 0 Å². The van der Waals surface area contributed by atoms with Gasteiger partial charge in [-0.1, -0.05) is 56.2 Å². The molecule has 172 valence electrons. The number of nitrogens with one attached hydrogen (secondary N) is 4. The number of aryl methyl sites for hydroxylation is 2. The number of anilines is 2. The van der Waals surface area contributed by atoms with E-state index in [-0.39, 0.29) is 28.9 Å². The van der Waals surface area contributed by atoms with E-state index in [1.54, 1.807) is 0 Å². The predicted molar refractivity (Wildman–Crippen MR) is 131 cm³/mol. The molecule has 4 N–H and O–H groups in total. The zero-order valence-corrected chi connectivity index (χ0v) is 19.8. The van der Waals surface area contributed by atoms with Crippen LogP contribution in [0.5, 0.6) is 0 Å². The van der Waals surface area contributed by atoms with E-state index in [0.29, 0.717) is 6.54 Å². The third-order valence-electron chi connectivity index (χ3n) is 6.07. The topological polar surface area (TPSA) is 82.3 Å². The summed E-state index contributed by atoms with van der Waals surface area (Å²) in [5, 5.41) is 12.0. The van der Waals surface area contributed by atoms with E-state index in [9.17, 15) is 9.59 Å². The molecule has 2 aromatic rings. The Hall–Kier alpha value is -3.02. The average Bonchev–Trinajstić information content (AvgIpc) is 2.68. The summed E-state index contributed by atoms with van der Waals surface area (Å²) in [6.07, 6.45) is 2.69. The van der Waals surface area contributed by atoms with Crippen molar-refractivity contribution in [3.05, 3.63) is 59.7 Å². The molecule has 0 radical (unpaired) electrons. The number of hydrogen-bond donors (Lipinski definition) is 4. The van der Waals surface area contributed by atoms with Crippen LogP contribution in [0.15, 0.2) is 48.5 Å². The molecule has 0 aromatic heterocycles. The molecule has 4 amide bonds. The van der Waals surface area contributed by atoms with Crippen LogP contribution in [0.4, 0.5) is 21.0 Å². The van der Waals surface area contributed by atoms with Crippen LogP contribution in [0, 0.1) is 24.7 Å². The molecular formula is C26H36N4O2. The van der Waals surface area contributed by atoms with Crippen LogP contribution in [0.2, 0.25) is 0 Å². The van der Waals surface area contributed by atoms with Crippen molar-refractivity contribution in [3.63, 3.8) is 0 Å². The molecule has 6 heteroatoms. The highest BCUT2D eigenvalue weighted by molar-refractivity contribution is 5.90. The van der Waals surface area contributed by atoms with Gasteiger partial charge in [-0.3, -0.25) is 0 Å². The summed E-state index contributed by atoms with van der Waals surface area (Å²) < 4.78 is 0. The van der Waals surface area contributed by atoms with E-state index in [1.807, 2.05) is 62.4 Å². The molecule has 1 aliphatic rings. The maximum Gasteiger partial charge on any atom is 0.319 e. The molecule has 3 rings (SSSR count). The second kappa shape index (κ2) is 9.63. The summed E-state index contributed by atoms with van der Waals surface area (Å²) in [6.45, 7) is 11.2. The standard InChI is InChI=1S/C26H36N4O2/c1-18-6-10-20(11-7-18)28-23(31)27-17-26(5)15-22(14-25(3,4)16-26)30-24(32)29-21-12-8-19(2)9-13-21/h6-13,22H,14-17H2,1-5H3,(H2,27,28,31)(H2,29,30,32)/t22-,26-/m1/s1. The fraction of sp³-hybridized carbons (Fsp3) is 0.462. The molecule has 0 unspecified atom stereocenters. The fourth-order valence-corrected chi connectivity index (χ4v) is 4.97. The van der Waals surface area contributed by atoms with Crippen LogP contribution in [0.3, 0.4) is 0 Å². The van der Waals surface area contributed by atoms with Crippen molar-refractivity contribution >= 4 is 23.4 Å². The highest BCUT2D eigenvalue weighted by atomic mass is 16.2. The smallest absolute Gasteiger partial charge is 0.319 e. The van der Waals surface area contributed by atoms with E-state index >= 15 is 0 Å². The van der Waals surface area contributed by atoms with Crippen molar-refractivity contribution in [2.24, 2.45) is 10.8 Å². The van der Waals surface area contributed by atoms with E-state index in [2.05, 4.69) is 42.0 Å². The van der Waals surface area contributed by atoms with Crippen LogP contribution >= 0.6 is 0 Å². The lowest BCUT2D eigenvalue weighted by Gasteiger charge is -2.46. The van der Waals surface area contributed by atoms with Gasteiger partial charge in [0.1, 0.15) is 0 Å². The van der Waals surface area contributed by atoms with Crippen LogP contribution < -0.4 is 21.3 Å². The highest BCUT2D eigenvalue weighted by Crippen LogP contribution is 2.45. The predicted octanol–water partition coefficient (Wildman–Crippen LogP) is 5.83. The Balaban J connectivity index is 1.55. The maximum absolute atomic E-state index is 12.6. The maximum atomic E-state index is 12.6. The zero-order valence-electron chi connectivity index (χ0n) is 19.8. The number of amides is 4. The van der Waals surface area contributed by atoms with Crippen molar-refractivity contribution in [3.8, 4) is 0 Å². The number of carbonyl (C=O) groups is 2. The third kappa shape index (κ3) is 7.01. The lowest BCUT2D eigenvalue weighted by atomic mass is 9.62. The van der Waals surface area contributed by atoms with E-state index in [4.69, 9.17) is 0 Å². The first-order chi connectivity index (χ1) is 15.0. The number of benzene rings is 2. The molecule has 6 nitrogen and oxygen atoms in total. The number of hydrogen-bond acceptors (Lipinski definition) is 2. The van der Waals surface area contributed by atoms with Crippen molar-refractivity contribution in [2.75, 3.05) is 17.2 Å². The minimum Gasteiger partial charge on any atom is -0.337 e. The van der Waals surface area contributed by atoms with Gasteiger partial charge in [-0.05, 0) is 68.2 Å². The molecule has 1 fully saturated rings. The van der Waals surface area contributed by atoms with Gasteiger partial charge in [-0.15, -0.1) is 0 Å². The minimum absolute atomic E-state index is 0.0381. The summed E-state index contributed by atoms with van der Waals surface area (Å²) in [5.41, 5.74) is 3.80. The molecule has 2 atom stereocenters. The third-order valence-corrected chi connectivity index (χ3v) is 6.07. The Morgan fingerprint density at radius 1 is 0.812 bits per heavy atom. The van der Waals surface area contributed by atoms with Gasteiger partial charge in [-0.2, -0.15) is 0 Å². The van der Waals surface area contributed by atoms with Crippen molar-refractivity contribution in [2.45, 2.75) is 59.9 Å². The summed E-state index contributed by atoms with van der Waals surface area (Å²) in [4.78, 5) is 25.0. The molecule has 1 saturated carbocycles. The summed E-state index contributed by atoms with van der Waals surface area (Å²) in [7, 11) is 0. The Kier molecular flexibility index (Phi) is 7.12. The second-order valence-electron chi connectivity index (χ2n) is 10.4. The number of urea groups is 2. The summed E-state index contributed by atoms with van der Waals surface area (Å²) in [6, 6.07) is 15.1. The van der Waals surface area contributed by atoms with Crippen molar-refractivity contribution in [1.29, 1.82) is 0 Å². The minimum atomic E-state index is -0.208. The van der Waals surface area contributed by atoms with E-state index in [1.165, 1.54) is 0 Å². The fourth-order valence-electron chi connectivity index (χ4n) is 4.97. The van der Waals surface area contributed by atoms with Gasteiger partial charge in [-0.25, -0.2) is 9.59 Å².